The van der Waals surface area contributed by atoms with Crippen LogP contribution in [0.15, 0.2) is 30.6 Å². The van der Waals surface area contributed by atoms with Gasteiger partial charge in [-0.25, -0.2) is 14.4 Å². The van der Waals surface area contributed by atoms with Gasteiger partial charge in [0.2, 0.25) is 5.88 Å². The maximum absolute atomic E-state index is 13.2. The highest BCUT2D eigenvalue weighted by Gasteiger charge is 2.39. The van der Waals surface area contributed by atoms with Gasteiger partial charge in [-0.1, -0.05) is 0 Å². The molecule has 0 spiro atoms. The molecule has 0 saturated heterocycles. The van der Waals surface area contributed by atoms with E-state index < -0.39 is 18.1 Å². The molecule has 0 radical (unpaired) electrons. The molecule has 29 heavy (non-hydrogen) atoms. The monoisotopic (exact) mass is 399 g/mol. The van der Waals surface area contributed by atoms with Crippen molar-refractivity contribution >= 4 is 28.9 Å². The van der Waals surface area contributed by atoms with E-state index in [0.717, 1.165) is 0 Å². The summed E-state index contributed by atoms with van der Waals surface area (Å²) >= 11 is 0. The van der Waals surface area contributed by atoms with Crippen LogP contribution in [0.2, 0.25) is 0 Å². The second kappa shape index (κ2) is 7.53. The minimum Gasteiger partial charge on any atom is -0.473 e. The molecule has 0 bridgehead atoms. The maximum Gasteiger partial charge on any atom is 0.257 e. The van der Waals surface area contributed by atoms with Crippen molar-refractivity contribution in [2.75, 3.05) is 17.7 Å². The minimum absolute atomic E-state index is 0.0411. The molecule has 2 atom stereocenters. The summed E-state index contributed by atoms with van der Waals surface area (Å²) in [5.74, 6) is 1.15. The lowest BCUT2D eigenvalue weighted by atomic mass is 10.3. The van der Waals surface area contributed by atoms with E-state index in [1.165, 1.54) is 10.7 Å². The summed E-state index contributed by atoms with van der Waals surface area (Å²) in [6, 6.07) is 4.93. The second-order valence-electron chi connectivity index (χ2n) is 7.05. The molecule has 1 amide bonds. The fourth-order valence-corrected chi connectivity index (χ4v) is 2.87. The predicted molar refractivity (Wildman–Crippen MR) is 107 cm³/mol. The summed E-state index contributed by atoms with van der Waals surface area (Å²) in [5, 5.41) is 13.1. The van der Waals surface area contributed by atoms with Crippen LogP contribution in [0, 0.1) is 0 Å². The molecule has 0 aromatic carbocycles. The molecule has 0 aliphatic heterocycles. The zero-order valence-electron chi connectivity index (χ0n) is 16.3. The van der Waals surface area contributed by atoms with Gasteiger partial charge in [0.05, 0.1) is 18.3 Å². The molecule has 10 heteroatoms. The van der Waals surface area contributed by atoms with Crippen molar-refractivity contribution in [2.24, 2.45) is 0 Å². The van der Waals surface area contributed by atoms with Crippen LogP contribution in [0.4, 0.5) is 21.7 Å². The summed E-state index contributed by atoms with van der Waals surface area (Å²) in [6.45, 7) is 3.84. The van der Waals surface area contributed by atoms with Gasteiger partial charge in [0, 0.05) is 25.7 Å². The first-order valence-corrected chi connectivity index (χ1v) is 9.36. The van der Waals surface area contributed by atoms with E-state index in [0.29, 0.717) is 35.3 Å². The van der Waals surface area contributed by atoms with Gasteiger partial charge in [-0.2, -0.15) is 9.61 Å². The van der Waals surface area contributed by atoms with Crippen molar-refractivity contribution in [3.05, 3.63) is 36.2 Å². The summed E-state index contributed by atoms with van der Waals surface area (Å²) in [5.41, 5.74) is 1.26. The number of hydrogen-bond donors (Lipinski definition) is 3. The Morgan fingerprint density at radius 2 is 2.21 bits per heavy atom. The lowest BCUT2D eigenvalue weighted by Crippen LogP contribution is -2.27. The number of ether oxygens (including phenoxy) is 1. The molecule has 3 N–H and O–H groups in total. The first kappa shape index (κ1) is 18.9. The van der Waals surface area contributed by atoms with Gasteiger partial charge in [-0.15, -0.1) is 0 Å². The molecule has 9 nitrogen and oxygen atoms in total. The van der Waals surface area contributed by atoms with Crippen molar-refractivity contribution < 1.29 is 13.9 Å². The third-order valence-corrected chi connectivity index (χ3v) is 4.38. The molecule has 3 heterocycles. The standard InChI is InChI=1S/C19H22FN7O2/c1-10(2)29-19-13(5-4-6-22-19)24-15-8-16(21-3)27-17(26-15)11(9-23-27)18(28)25-14-7-12(14)20/h4-6,8-10,12,14,21H,7H2,1-3H3,(H,24,26)(H,25,28)/t12-,14+/m1/s1. The Kier molecular flexibility index (Phi) is 4.91. The van der Waals surface area contributed by atoms with E-state index >= 15 is 0 Å². The van der Waals surface area contributed by atoms with Crippen LogP contribution >= 0.6 is 0 Å². The number of hydrogen-bond acceptors (Lipinski definition) is 7. The number of aromatic nitrogens is 4. The number of carbonyl (C=O) groups is 1. The highest BCUT2D eigenvalue weighted by molar-refractivity contribution is 6.00. The van der Waals surface area contributed by atoms with E-state index in [4.69, 9.17) is 4.74 Å². The van der Waals surface area contributed by atoms with Crippen molar-refractivity contribution in [3.8, 4) is 5.88 Å². The SMILES string of the molecule is CNc1cc(Nc2cccnc2OC(C)C)nc2c(C(=O)N[C@H]3C[C@H]3F)cnn12. The Balaban J connectivity index is 1.68. The van der Waals surface area contributed by atoms with Crippen LogP contribution in [0.5, 0.6) is 5.88 Å². The number of nitrogens with one attached hydrogen (secondary N) is 3. The molecule has 152 valence electrons. The smallest absolute Gasteiger partial charge is 0.257 e. The van der Waals surface area contributed by atoms with Crippen LogP contribution in [-0.4, -0.2) is 50.9 Å². The largest absolute Gasteiger partial charge is 0.473 e. The molecule has 1 fully saturated rings. The molecule has 0 unspecified atom stereocenters. The Morgan fingerprint density at radius 3 is 2.90 bits per heavy atom. The van der Waals surface area contributed by atoms with E-state index in [-0.39, 0.29) is 11.7 Å². The van der Waals surface area contributed by atoms with E-state index in [1.807, 2.05) is 19.9 Å². The predicted octanol–water partition coefficient (Wildman–Crippen LogP) is 2.54. The fourth-order valence-electron chi connectivity index (χ4n) is 2.87. The molecule has 1 saturated carbocycles. The van der Waals surface area contributed by atoms with Crippen LogP contribution in [0.3, 0.4) is 0 Å². The number of fused-ring (bicyclic) bond motifs is 1. The Labute approximate surface area is 166 Å². The van der Waals surface area contributed by atoms with Gasteiger partial charge >= 0.3 is 0 Å². The van der Waals surface area contributed by atoms with Gasteiger partial charge in [-0.3, -0.25) is 4.79 Å². The topological polar surface area (TPSA) is 105 Å². The van der Waals surface area contributed by atoms with Crippen LogP contribution in [0.1, 0.15) is 30.6 Å². The zero-order chi connectivity index (χ0) is 20.5. The summed E-state index contributed by atoms with van der Waals surface area (Å²) in [6.07, 6.45) is 2.39. The van der Waals surface area contributed by atoms with Gasteiger partial charge < -0.3 is 20.7 Å². The van der Waals surface area contributed by atoms with Gasteiger partial charge in [0.25, 0.3) is 5.91 Å². The molecule has 3 aromatic heterocycles. The molecule has 3 aromatic rings. The number of rotatable bonds is 7. The van der Waals surface area contributed by atoms with Gasteiger partial charge in [-0.05, 0) is 26.0 Å². The lowest BCUT2D eigenvalue weighted by Gasteiger charge is -2.14. The lowest BCUT2D eigenvalue weighted by molar-refractivity contribution is 0.0949. The number of carbonyl (C=O) groups excluding carboxylic acids is 1. The molecule has 1 aliphatic carbocycles. The maximum atomic E-state index is 13.2. The Bertz CT molecular complexity index is 1050. The van der Waals surface area contributed by atoms with Crippen LogP contribution in [0.25, 0.3) is 5.65 Å². The number of nitrogens with zero attached hydrogens (tertiary/aromatic N) is 4. The van der Waals surface area contributed by atoms with Gasteiger partial charge in [0.1, 0.15) is 29.1 Å². The highest BCUT2D eigenvalue weighted by atomic mass is 19.1. The number of pyridine rings is 1. The molecule has 4 rings (SSSR count). The molecular weight excluding hydrogens is 377 g/mol. The fraction of sp³-hybridized carbons (Fsp3) is 0.368. The van der Waals surface area contributed by atoms with Crippen molar-refractivity contribution in [1.82, 2.24) is 24.9 Å². The third-order valence-electron chi connectivity index (χ3n) is 4.38. The minimum atomic E-state index is -0.983. The average Bonchev–Trinajstić information content (AvgIpc) is 3.20. The average molecular weight is 399 g/mol. The Hall–Kier alpha value is -3.43. The first-order chi connectivity index (χ1) is 14.0. The molecule has 1 aliphatic rings. The second-order valence-corrected chi connectivity index (χ2v) is 7.05. The normalized spacial score (nSPS) is 18.0. The van der Waals surface area contributed by atoms with E-state index in [9.17, 15) is 9.18 Å². The Morgan fingerprint density at radius 1 is 1.41 bits per heavy atom. The number of halogens is 1. The van der Waals surface area contributed by atoms with E-state index in [2.05, 4.69) is 31.0 Å². The highest BCUT2D eigenvalue weighted by Crippen LogP contribution is 2.28. The van der Waals surface area contributed by atoms with Crippen LogP contribution in [-0.2, 0) is 0 Å². The third kappa shape index (κ3) is 3.91. The zero-order valence-corrected chi connectivity index (χ0v) is 16.3. The quantitative estimate of drug-likeness (QED) is 0.561. The van der Waals surface area contributed by atoms with Gasteiger partial charge in [0.15, 0.2) is 5.65 Å². The van der Waals surface area contributed by atoms with E-state index in [1.54, 1.807) is 25.4 Å². The van der Waals surface area contributed by atoms with Crippen molar-refractivity contribution in [2.45, 2.75) is 38.6 Å². The number of alkyl halides is 1. The summed E-state index contributed by atoms with van der Waals surface area (Å²) in [7, 11) is 1.75. The first-order valence-electron chi connectivity index (χ1n) is 9.36. The summed E-state index contributed by atoms with van der Waals surface area (Å²) < 4.78 is 20.4. The number of amides is 1. The van der Waals surface area contributed by atoms with Crippen LogP contribution < -0.4 is 20.7 Å². The van der Waals surface area contributed by atoms with Crippen molar-refractivity contribution in [1.29, 1.82) is 0 Å². The molecular formula is C19H22FN7O2. The van der Waals surface area contributed by atoms with Crippen molar-refractivity contribution in [3.63, 3.8) is 0 Å². The summed E-state index contributed by atoms with van der Waals surface area (Å²) in [4.78, 5) is 21.3. The number of anilines is 3.